The van der Waals surface area contributed by atoms with E-state index >= 15 is 0 Å². The molecule has 0 unspecified atom stereocenters. The lowest BCUT2D eigenvalue weighted by Crippen LogP contribution is -2.04. The Morgan fingerprint density at radius 2 is 2.12 bits per heavy atom. The van der Waals surface area contributed by atoms with Gasteiger partial charge in [-0.25, -0.2) is 19.7 Å². The van der Waals surface area contributed by atoms with Crippen molar-refractivity contribution in [3.05, 3.63) is 28.8 Å². The minimum Gasteiger partial charge on any atom is -0.464 e. The van der Waals surface area contributed by atoms with Crippen molar-refractivity contribution in [1.82, 2.24) is 15.0 Å². The highest BCUT2D eigenvalue weighted by molar-refractivity contribution is 7.15. The van der Waals surface area contributed by atoms with Crippen LogP contribution in [-0.4, -0.2) is 28.0 Å². The molecule has 0 aliphatic heterocycles. The van der Waals surface area contributed by atoms with Crippen LogP contribution in [0.2, 0.25) is 0 Å². The van der Waals surface area contributed by atoms with Gasteiger partial charge in [-0.1, -0.05) is 0 Å². The smallest absolute Gasteiger partial charge is 0.356 e. The van der Waals surface area contributed by atoms with Crippen LogP contribution in [-0.2, 0) is 4.74 Å². The van der Waals surface area contributed by atoms with Crippen LogP contribution < -0.4 is 0 Å². The Morgan fingerprint density at radius 1 is 1.35 bits per heavy atom. The Bertz CT molecular complexity index is 566. The summed E-state index contributed by atoms with van der Waals surface area (Å²) in [5.74, 6) is -0.465. The zero-order valence-electron chi connectivity index (χ0n) is 9.72. The van der Waals surface area contributed by atoms with E-state index in [-0.39, 0.29) is 5.69 Å². The monoisotopic (exact) mass is 249 g/mol. The number of aryl methyl sites for hydroxylation is 2. The summed E-state index contributed by atoms with van der Waals surface area (Å²) in [6, 6.07) is 1.62. The average Bonchev–Trinajstić information content (AvgIpc) is 2.67. The number of esters is 1. The quantitative estimate of drug-likeness (QED) is 0.762. The highest BCUT2D eigenvalue weighted by Crippen LogP contribution is 2.28. The van der Waals surface area contributed by atoms with Crippen LogP contribution in [0.1, 0.15) is 21.2 Å². The van der Waals surface area contributed by atoms with Gasteiger partial charge < -0.3 is 4.74 Å². The van der Waals surface area contributed by atoms with Gasteiger partial charge in [0.1, 0.15) is 6.33 Å². The maximum Gasteiger partial charge on any atom is 0.356 e. The highest BCUT2D eigenvalue weighted by Gasteiger charge is 2.13. The van der Waals surface area contributed by atoms with Crippen LogP contribution >= 0.6 is 11.3 Å². The molecule has 0 amide bonds. The molecule has 2 aromatic rings. The van der Waals surface area contributed by atoms with E-state index in [1.54, 1.807) is 17.4 Å². The van der Waals surface area contributed by atoms with Gasteiger partial charge in [-0.3, -0.25) is 0 Å². The topological polar surface area (TPSA) is 65.0 Å². The Kier molecular flexibility index (Phi) is 3.14. The van der Waals surface area contributed by atoms with Crippen LogP contribution in [0.3, 0.4) is 0 Å². The molecule has 0 N–H and O–H groups in total. The summed E-state index contributed by atoms with van der Waals surface area (Å²) in [4.78, 5) is 24.7. The number of carbonyl (C=O) groups is 1. The van der Waals surface area contributed by atoms with Gasteiger partial charge in [-0.05, 0) is 19.9 Å². The molecular formula is C11H11N3O2S. The number of methoxy groups -OCH3 is 1. The van der Waals surface area contributed by atoms with Crippen molar-refractivity contribution >= 4 is 17.3 Å². The summed E-state index contributed by atoms with van der Waals surface area (Å²) < 4.78 is 4.62. The summed E-state index contributed by atoms with van der Waals surface area (Å²) >= 11 is 1.54. The number of hydrogen-bond acceptors (Lipinski definition) is 6. The van der Waals surface area contributed by atoms with E-state index in [1.807, 2.05) is 13.8 Å². The Balaban J connectivity index is 2.46. The third-order valence-electron chi connectivity index (χ3n) is 2.20. The normalized spacial score (nSPS) is 10.3. The van der Waals surface area contributed by atoms with Crippen LogP contribution in [0.15, 0.2) is 12.4 Å². The Labute approximate surface area is 103 Å². The van der Waals surface area contributed by atoms with Gasteiger partial charge in [0.15, 0.2) is 5.69 Å². The summed E-state index contributed by atoms with van der Waals surface area (Å²) in [7, 11) is 1.33. The molecule has 0 aromatic carbocycles. The molecule has 2 aromatic heterocycles. The summed E-state index contributed by atoms with van der Waals surface area (Å²) in [5, 5.41) is 0.968. The SMILES string of the molecule is COC(=O)c1cc(-c2sc(C)nc2C)ncn1. The van der Waals surface area contributed by atoms with Gasteiger partial charge in [0, 0.05) is 0 Å². The van der Waals surface area contributed by atoms with Crippen molar-refractivity contribution in [2.24, 2.45) is 0 Å². The van der Waals surface area contributed by atoms with Crippen molar-refractivity contribution in [3.8, 4) is 10.6 Å². The van der Waals surface area contributed by atoms with Gasteiger partial charge in [0.2, 0.25) is 0 Å². The van der Waals surface area contributed by atoms with E-state index in [0.29, 0.717) is 5.69 Å². The first-order chi connectivity index (χ1) is 8.11. The minimum absolute atomic E-state index is 0.253. The molecule has 17 heavy (non-hydrogen) atoms. The van der Waals surface area contributed by atoms with E-state index in [1.165, 1.54) is 13.4 Å². The molecule has 5 nitrogen and oxygen atoms in total. The minimum atomic E-state index is -0.465. The second kappa shape index (κ2) is 4.58. The number of rotatable bonds is 2. The van der Waals surface area contributed by atoms with Crippen LogP contribution in [0, 0.1) is 13.8 Å². The fraction of sp³-hybridized carbons (Fsp3) is 0.273. The maximum absolute atomic E-state index is 11.4. The zero-order chi connectivity index (χ0) is 12.4. The molecule has 2 heterocycles. The summed E-state index contributed by atoms with van der Waals surface area (Å²) in [6.45, 7) is 3.85. The van der Waals surface area contributed by atoms with E-state index in [2.05, 4.69) is 19.7 Å². The zero-order valence-corrected chi connectivity index (χ0v) is 10.5. The van der Waals surface area contributed by atoms with E-state index in [4.69, 9.17) is 0 Å². The third kappa shape index (κ3) is 2.31. The molecule has 0 fully saturated rings. The van der Waals surface area contributed by atoms with Gasteiger partial charge in [0.25, 0.3) is 0 Å². The molecule has 0 atom stereocenters. The Hall–Kier alpha value is -1.82. The third-order valence-corrected chi connectivity index (χ3v) is 3.29. The predicted molar refractivity (Wildman–Crippen MR) is 64.0 cm³/mol. The molecule has 0 radical (unpaired) electrons. The predicted octanol–water partition coefficient (Wildman–Crippen LogP) is 2.00. The molecule has 6 heteroatoms. The van der Waals surface area contributed by atoms with Gasteiger partial charge in [-0.15, -0.1) is 11.3 Å². The number of nitrogens with zero attached hydrogens (tertiary/aromatic N) is 3. The van der Waals surface area contributed by atoms with Crippen LogP contribution in [0.25, 0.3) is 10.6 Å². The van der Waals surface area contributed by atoms with Crippen LogP contribution in [0.4, 0.5) is 0 Å². The number of ether oxygens (including phenoxy) is 1. The summed E-state index contributed by atoms with van der Waals surface area (Å²) in [5.41, 5.74) is 1.86. The first-order valence-corrected chi connectivity index (χ1v) is 5.78. The molecule has 0 saturated carbocycles. The number of hydrogen-bond donors (Lipinski definition) is 0. The fourth-order valence-electron chi connectivity index (χ4n) is 1.47. The lowest BCUT2D eigenvalue weighted by Gasteiger charge is -2.00. The van der Waals surface area contributed by atoms with Gasteiger partial charge >= 0.3 is 5.97 Å². The summed E-state index contributed by atoms with van der Waals surface area (Å²) in [6.07, 6.45) is 1.36. The second-order valence-corrected chi connectivity index (χ2v) is 4.63. The van der Waals surface area contributed by atoms with Crippen molar-refractivity contribution in [2.45, 2.75) is 13.8 Å². The molecule has 0 spiro atoms. The Morgan fingerprint density at radius 3 is 2.71 bits per heavy atom. The van der Waals surface area contributed by atoms with Crippen molar-refractivity contribution < 1.29 is 9.53 Å². The van der Waals surface area contributed by atoms with Crippen molar-refractivity contribution in [1.29, 1.82) is 0 Å². The van der Waals surface area contributed by atoms with E-state index < -0.39 is 5.97 Å². The average molecular weight is 249 g/mol. The molecular weight excluding hydrogens is 238 g/mol. The lowest BCUT2D eigenvalue weighted by molar-refractivity contribution is 0.0594. The highest BCUT2D eigenvalue weighted by atomic mass is 32.1. The fourth-order valence-corrected chi connectivity index (χ4v) is 2.35. The van der Waals surface area contributed by atoms with E-state index in [0.717, 1.165) is 15.6 Å². The molecule has 0 aliphatic carbocycles. The van der Waals surface area contributed by atoms with Gasteiger partial charge in [0.05, 0.1) is 28.4 Å². The second-order valence-electron chi connectivity index (χ2n) is 3.43. The molecule has 88 valence electrons. The van der Waals surface area contributed by atoms with Gasteiger partial charge in [-0.2, -0.15) is 0 Å². The number of carbonyl (C=O) groups excluding carboxylic acids is 1. The van der Waals surface area contributed by atoms with Crippen LogP contribution in [0.5, 0.6) is 0 Å². The first-order valence-electron chi connectivity index (χ1n) is 4.96. The molecule has 0 aliphatic rings. The van der Waals surface area contributed by atoms with E-state index in [9.17, 15) is 4.79 Å². The lowest BCUT2D eigenvalue weighted by atomic mass is 10.2. The standard InChI is InChI=1S/C11H11N3O2S/c1-6-10(17-7(2)14-6)8-4-9(11(15)16-3)13-5-12-8/h4-5H,1-3H3. The molecule has 0 saturated heterocycles. The number of thiazole rings is 1. The molecule has 2 rings (SSSR count). The van der Waals surface area contributed by atoms with Crippen molar-refractivity contribution in [2.75, 3.05) is 7.11 Å². The largest absolute Gasteiger partial charge is 0.464 e. The number of aromatic nitrogens is 3. The maximum atomic E-state index is 11.4. The first kappa shape index (κ1) is 11.7. The molecule has 0 bridgehead atoms. The van der Waals surface area contributed by atoms with Crippen molar-refractivity contribution in [3.63, 3.8) is 0 Å².